The summed E-state index contributed by atoms with van der Waals surface area (Å²) in [7, 11) is 0. The molecule has 0 N–H and O–H groups in total. The number of carbonyl (C=O) groups excluding carboxylic acids is 2. The molecule has 0 saturated carbocycles. The molecule has 0 fully saturated rings. The summed E-state index contributed by atoms with van der Waals surface area (Å²) in [5.41, 5.74) is -1.18. The highest BCUT2D eigenvalue weighted by Crippen LogP contribution is 2.20. The minimum atomic E-state index is -0.689. The van der Waals surface area contributed by atoms with E-state index in [1.54, 1.807) is 0 Å². The summed E-state index contributed by atoms with van der Waals surface area (Å²) >= 11 is 0. The molecule has 2 heterocycles. The Morgan fingerprint density at radius 2 is 1.41 bits per heavy atom. The first-order chi connectivity index (χ1) is 12.7. The summed E-state index contributed by atoms with van der Waals surface area (Å²) in [5, 5.41) is 0. The molecule has 0 saturated heterocycles. The van der Waals surface area contributed by atoms with Crippen molar-refractivity contribution in [3.05, 3.63) is 37.4 Å². The second kappa shape index (κ2) is 8.81. The third-order valence-electron chi connectivity index (χ3n) is 3.92. The second-order valence-corrected chi connectivity index (χ2v) is 7.29. The maximum atomic E-state index is 12.0. The minimum absolute atomic E-state index is 0.225. The van der Waals surface area contributed by atoms with Gasteiger partial charge in [-0.15, -0.1) is 0 Å². The molecule has 9 heteroatoms. The van der Waals surface area contributed by atoms with Crippen molar-refractivity contribution < 1.29 is 23.8 Å². The van der Waals surface area contributed by atoms with E-state index in [2.05, 4.69) is 9.97 Å². The molecule has 0 aliphatic rings. The van der Waals surface area contributed by atoms with Gasteiger partial charge in [-0.3, -0.25) is 0 Å². The van der Waals surface area contributed by atoms with Gasteiger partial charge in [0.15, 0.2) is 0 Å². The molecule has 2 aromatic heterocycles. The van der Waals surface area contributed by atoms with Gasteiger partial charge in [-0.1, -0.05) is 0 Å². The molecule has 0 bridgehead atoms. The summed E-state index contributed by atoms with van der Waals surface area (Å²) in [5.74, 6) is 0. The lowest BCUT2D eigenvalue weighted by Gasteiger charge is -2.29. The van der Waals surface area contributed by atoms with Crippen molar-refractivity contribution in [3.8, 4) is 0 Å². The zero-order chi connectivity index (χ0) is 19.9. The standard InChI is InChI=1S/C18H26N4O5/c1-17(2,5-11-25-15(23)21-9-7-19-13-21)26-12-6-18(3,4)27-16(24)22-10-8-20-14-22/h7-10,13-14H,5-6,11-12H2,1-4H3. The van der Waals surface area contributed by atoms with E-state index in [0.717, 1.165) is 0 Å². The van der Waals surface area contributed by atoms with E-state index in [9.17, 15) is 9.59 Å². The Morgan fingerprint density at radius 3 is 1.96 bits per heavy atom. The van der Waals surface area contributed by atoms with Gasteiger partial charge in [0.2, 0.25) is 0 Å². The molecule has 0 spiro atoms. The van der Waals surface area contributed by atoms with Gasteiger partial charge in [-0.05, 0) is 27.7 Å². The number of ether oxygens (including phenoxy) is 3. The average Bonchev–Trinajstić information content (AvgIpc) is 3.27. The third-order valence-corrected chi connectivity index (χ3v) is 3.92. The second-order valence-electron chi connectivity index (χ2n) is 7.29. The van der Waals surface area contributed by atoms with Gasteiger partial charge in [0.05, 0.1) is 18.8 Å². The molecule has 2 aromatic rings. The van der Waals surface area contributed by atoms with E-state index in [0.29, 0.717) is 19.4 Å². The van der Waals surface area contributed by atoms with E-state index < -0.39 is 23.4 Å². The Balaban J connectivity index is 1.69. The lowest BCUT2D eigenvalue weighted by Crippen LogP contribution is -2.34. The van der Waals surface area contributed by atoms with Gasteiger partial charge in [-0.25, -0.2) is 28.7 Å². The van der Waals surface area contributed by atoms with Crippen molar-refractivity contribution in [1.82, 2.24) is 19.1 Å². The monoisotopic (exact) mass is 378 g/mol. The summed E-state index contributed by atoms with van der Waals surface area (Å²) in [6.07, 6.45) is 8.95. The van der Waals surface area contributed by atoms with Gasteiger partial charge in [0, 0.05) is 37.6 Å². The van der Waals surface area contributed by atoms with E-state index in [1.165, 1.54) is 46.6 Å². The fraction of sp³-hybridized carbons (Fsp3) is 0.556. The van der Waals surface area contributed by atoms with Crippen molar-refractivity contribution in [2.45, 2.75) is 51.7 Å². The Morgan fingerprint density at radius 1 is 0.852 bits per heavy atom. The van der Waals surface area contributed by atoms with Crippen molar-refractivity contribution in [3.63, 3.8) is 0 Å². The van der Waals surface area contributed by atoms with Crippen molar-refractivity contribution in [2.75, 3.05) is 13.2 Å². The SMILES string of the molecule is CC(C)(CCOC(=O)n1ccnc1)OCCC(C)(C)OC(=O)n1ccnc1. The predicted octanol–water partition coefficient (Wildman–Crippen LogP) is 3.10. The first kappa shape index (κ1) is 20.6. The largest absolute Gasteiger partial charge is 0.449 e. The van der Waals surface area contributed by atoms with Crippen LogP contribution in [-0.2, 0) is 14.2 Å². The van der Waals surface area contributed by atoms with Crippen LogP contribution in [0.2, 0.25) is 0 Å². The van der Waals surface area contributed by atoms with Crippen molar-refractivity contribution in [1.29, 1.82) is 0 Å². The predicted molar refractivity (Wildman–Crippen MR) is 96.4 cm³/mol. The van der Waals surface area contributed by atoms with E-state index in [4.69, 9.17) is 14.2 Å². The molecular weight excluding hydrogens is 352 g/mol. The van der Waals surface area contributed by atoms with Crippen LogP contribution in [0.4, 0.5) is 9.59 Å². The van der Waals surface area contributed by atoms with Crippen LogP contribution in [0.5, 0.6) is 0 Å². The van der Waals surface area contributed by atoms with E-state index in [1.807, 2.05) is 27.7 Å². The minimum Gasteiger partial charge on any atom is -0.449 e. The summed E-state index contributed by atoms with van der Waals surface area (Å²) in [6.45, 7) is 8.11. The number of hydrogen-bond donors (Lipinski definition) is 0. The first-order valence-electron chi connectivity index (χ1n) is 8.69. The lowest BCUT2D eigenvalue weighted by molar-refractivity contribution is -0.0590. The van der Waals surface area contributed by atoms with Crippen LogP contribution >= 0.6 is 0 Å². The van der Waals surface area contributed by atoms with Gasteiger partial charge in [-0.2, -0.15) is 0 Å². The maximum Gasteiger partial charge on any atom is 0.419 e. The van der Waals surface area contributed by atoms with Crippen LogP contribution in [-0.4, -0.2) is 55.7 Å². The van der Waals surface area contributed by atoms with E-state index in [-0.39, 0.29) is 6.61 Å². The molecule has 27 heavy (non-hydrogen) atoms. The number of rotatable bonds is 8. The molecule has 148 valence electrons. The Kier molecular flexibility index (Phi) is 6.73. The van der Waals surface area contributed by atoms with Crippen LogP contribution in [0, 0.1) is 0 Å². The maximum absolute atomic E-state index is 12.0. The highest BCUT2D eigenvalue weighted by Gasteiger charge is 2.26. The lowest BCUT2D eigenvalue weighted by atomic mass is 10.0. The molecule has 9 nitrogen and oxygen atoms in total. The van der Waals surface area contributed by atoms with Crippen molar-refractivity contribution in [2.24, 2.45) is 0 Å². The zero-order valence-electron chi connectivity index (χ0n) is 16.1. The quantitative estimate of drug-likeness (QED) is 0.696. The number of nitrogens with zero attached hydrogens (tertiary/aromatic N) is 4. The Bertz CT molecular complexity index is 723. The fourth-order valence-corrected chi connectivity index (χ4v) is 2.18. The van der Waals surface area contributed by atoms with Crippen LogP contribution < -0.4 is 0 Å². The molecule has 2 rings (SSSR count). The summed E-state index contributed by atoms with van der Waals surface area (Å²) in [6, 6.07) is 0. The van der Waals surface area contributed by atoms with E-state index >= 15 is 0 Å². The van der Waals surface area contributed by atoms with Gasteiger partial charge in [0.25, 0.3) is 0 Å². The average molecular weight is 378 g/mol. The molecule has 0 unspecified atom stereocenters. The number of aromatic nitrogens is 4. The van der Waals surface area contributed by atoms with Gasteiger partial charge in [0.1, 0.15) is 18.3 Å². The number of hydrogen-bond acceptors (Lipinski definition) is 7. The summed E-state index contributed by atoms with van der Waals surface area (Å²) < 4.78 is 19.1. The van der Waals surface area contributed by atoms with Crippen molar-refractivity contribution >= 4 is 12.2 Å². The topological polar surface area (TPSA) is 97.5 Å². The molecule has 0 aromatic carbocycles. The van der Waals surface area contributed by atoms with Crippen LogP contribution in [0.3, 0.4) is 0 Å². The highest BCUT2D eigenvalue weighted by molar-refractivity contribution is 5.70. The molecular formula is C18H26N4O5. The van der Waals surface area contributed by atoms with Crippen LogP contribution in [0.15, 0.2) is 37.4 Å². The molecule has 0 radical (unpaired) electrons. The highest BCUT2D eigenvalue weighted by atomic mass is 16.6. The third kappa shape index (κ3) is 6.86. The molecule has 0 atom stereocenters. The smallest absolute Gasteiger partial charge is 0.419 e. The Hall–Kier alpha value is -2.68. The van der Waals surface area contributed by atoms with Gasteiger partial charge >= 0.3 is 12.2 Å². The van der Waals surface area contributed by atoms with Gasteiger partial charge < -0.3 is 14.2 Å². The molecule has 0 amide bonds. The van der Waals surface area contributed by atoms with Crippen LogP contribution in [0.1, 0.15) is 40.5 Å². The molecule has 0 aliphatic carbocycles. The Labute approximate surface area is 158 Å². The normalized spacial score (nSPS) is 12.0. The summed E-state index contributed by atoms with van der Waals surface area (Å²) in [4.78, 5) is 31.3. The number of carbonyl (C=O) groups is 2. The number of imidazole rings is 2. The molecule has 0 aliphatic heterocycles. The fourth-order valence-electron chi connectivity index (χ4n) is 2.18. The zero-order valence-corrected chi connectivity index (χ0v) is 16.1. The first-order valence-corrected chi connectivity index (χ1v) is 8.69. The van der Waals surface area contributed by atoms with Crippen LogP contribution in [0.25, 0.3) is 0 Å².